The summed E-state index contributed by atoms with van der Waals surface area (Å²) >= 11 is 0. The van der Waals surface area contributed by atoms with E-state index in [1.54, 1.807) is 18.2 Å². The summed E-state index contributed by atoms with van der Waals surface area (Å²) in [6.45, 7) is 1.98. The molecule has 0 unspecified atom stereocenters. The van der Waals surface area contributed by atoms with Gasteiger partial charge in [0, 0.05) is 19.7 Å². The third kappa shape index (κ3) is 3.58. The summed E-state index contributed by atoms with van der Waals surface area (Å²) in [5.41, 5.74) is 2.54. The molecule has 0 N–H and O–H groups in total. The van der Waals surface area contributed by atoms with Gasteiger partial charge >= 0.3 is 5.97 Å². The average molecular weight is 370 g/mol. The van der Waals surface area contributed by atoms with E-state index in [-0.39, 0.29) is 16.5 Å². The molecule has 6 nitrogen and oxygen atoms in total. The van der Waals surface area contributed by atoms with Crippen molar-refractivity contribution >= 4 is 28.0 Å². The minimum absolute atomic E-state index is 0.0872. The maximum Gasteiger partial charge on any atom is 0.363 e. The lowest BCUT2D eigenvalue weighted by Crippen LogP contribution is -2.22. The number of carbonyl (C=O) groups excluding carboxylic acids is 1. The SMILES string of the molecule is Cc1ccc(/C=C2/N=C(c3cccc(S(=O)(=O)N(C)C)c3)OC2=O)cc1. The Morgan fingerprint density at radius 1 is 1.08 bits per heavy atom. The lowest BCUT2D eigenvalue weighted by Gasteiger charge is -2.11. The first-order chi connectivity index (χ1) is 12.3. The van der Waals surface area contributed by atoms with E-state index < -0.39 is 16.0 Å². The Kier molecular flexibility index (Phi) is 4.76. The number of carbonyl (C=O) groups is 1. The normalized spacial score (nSPS) is 16.1. The Bertz CT molecular complexity index is 1020. The molecule has 26 heavy (non-hydrogen) atoms. The van der Waals surface area contributed by atoms with Gasteiger partial charge in [-0.05, 0) is 36.8 Å². The molecule has 0 atom stereocenters. The number of cyclic esters (lactones) is 1. The van der Waals surface area contributed by atoms with Crippen LogP contribution in [-0.4, -0.2) is 38.7 Å². The fourth-order valence-electron chi connectivity index (χ4n) is 2.35. The van der Waals surface area contributed by atoms with Crippen molar-refractivity contribution in [2.24, 2.45) is 4.99 Å². The standard InChI is InChI=1S/C19H18N2O4S/c1-13-7-9-14(10-8-13)11-17-19(22)25-18(20-17)15-5-4-6-16(12-15)26(23,24)21(2)3/h4-12H,1-3H3/b17-11+. The summed E-state index contributed by atoms with van der Waals surface area (Å²) in [6, 6.07) is 13.8. The van der Waals surface area contributed by atoms with E-state index in [1.165, 1.54) is 26.2 Å². The predicted octanol–water partition coefficient (Wildman–Crippen LogP) is 2.59. The van der Waals surface area contributed by atoms with Gasteiger partial charge in [0.1, 0.15) is 0 Å². The highest BCUT2D eigenvalue weighted by atomic mass is 32.2. The van der Waals surface area contributed by atoms with Gasteiger partial charge in [-0.3, -0.25) is 0 Å². The fraction of sp³-hybridized carbons (Fsp3) is 0.158. The topological polar surface area (TPSA) is 76.0 Å². The minimum atomic E-state index is -3.59. The molecule has 7 heteroatoms. The van der Waals surface area contributed by atoms with Crippen LogP contribution in [0.2, 0.25) is 0 Å². The minimum Gasteiger partial charge on any atom is -0.402 e. The van der Waals surface area contributed by atoms with Crippen molar-refractivity contribution < 1.29 is 17.9 Å². The van der Waals surface area contributed by atoms with Gasteiger partial charge in [-0.15, -0.1) is 0 Å². The van der Waals surface area contributed by atoms with Crippen LogP contribution < -0.4 is 0 Å². The van der Waals surface area contributed by atoms with Gasteiger partial charge in [-0.1, -0.05) is 35.9 Å². The number of hydrogen-bond donors (Lipinski definition) is 0. The smallest absolute Gasteiger partial charge is 0.363 e. The number of nitrogens with zero attached hydrogens (tertiary/aromatic N) is 2. The van der Waals surface area contributed by atoms with Gasteiger partial charge in [0.05, 0.1) is 4.90 Å². The van der Waals surface area contributed by atoms with E-state index in [1.807, 2.05) is 31.2 Å². The first-order valence-corrected chi connectivity index (χ1v) is 9.33. The average Bonchev–Trinajstić information content (AvgIpc) is 2.97. The lowest BCUT2D eigenvalue weighted by atomic mass is 10.1. The van der Waals surface area contributed by atoms with Crippen LogP contribution in [0.4, 0.5) is 0 Å². The summed E-state index contributed by atoms with van der Waals surface area (Å²) in [5.74, 6) is -0.481. The number of esters is 1. The molecule has 2 aromatic rings. The van der Waals surface area contributed by atoms with E-state index in [0.717, 1.165) is 15.4 Å². The number of hydrogen-bond acceptors (Lipinski definition) is 5. The molecule has 0 fully saturated rings. The van der Waals surface area contributed by atoms with E-state index in [2.05, 4.69) is 4.99 Å². The quantitative estimate of drug-likeness (QED) is 0.612. The Morgan fingerprint density at radius 2 is 1.77 bits per heavy atom. The molecule has 0 radical (unpaired) electrons. The second-order valence-electron chi connectivity index (χ2n) is 6.06. The van der Waals surface area contributed by atoms with Crippen LogP contribution >= 0.6 is 0 Å². The monoisotopic (exact) mass is 370 g/mol. The molecule has 0 aliphatic carbocycles. The number of ether oxygens (including phenoxy) is 1. The summed E-state index contributed by atoms with van der Waals surface area (Å²) in [5, 5.41) is 0. The molecule has 0 bridgehead atoms. The highest BCUT2D eigenvalue weighted by molar-refractivity contribution is 7.89. The molecule has 1 aliphatic heterocycles. The Morgan fingerprint density at radius 3 is 2.42 bits per heavy atom. The number of sulfonamides is 1. The maximum absolute atomic E-state index is 12.3. The molecular formula is C19H18N2O4S. The van der Waals surface area contributed by atoms with Crippen LogP contribution in [0.3, 0.4) is 0 Å². The van der Waals surface area contributed by atoms with Crippen molar-refractivity contribution in [1.29, 1.82) is 0 Å². The molecule has 2 aromatic carbocycles. The third-order valence-corrected chi connectivity index (χ3v) is 5.67. The van der Waals surface area contributed by atoms with Crippen LogP contribution in [0.1, 0.15) is 16.7 Å². The highest BCUT2D eigenvalue weighted by Crippen LogP contribution is 2.22. The van der Waals surface area contributed by atoms with Crippen molar-refractivity contribution in [2.45, 2.75) is 11.8 Å². The van der Waals surface area contributed by atoms with Gasteiger partial charge in [0.15, 0.2) is 5.70 Å². The molecule has 0 aromatic heterocycles. The summed E-state index contributed by atoms with van der Waals surface area (Å²) in [6.07, 6.45) is 1.63. The van der Waals surface area contributed by atoms with Crippen molar-refractivity contribution in [2.75, 3.05) is 14.1 Å². The molecule has 1 heterocycles. The zero-order valence-corrected chi connectivity index (χ0v) is 15.4. The highest BCUT2D eigenvalue weighted by Gasteiger charge is 2.25. The molecule has 3 rings (SSSR count). The molecule has 0 amide bonds. The number of aryl methyl sites for hydroxylation is 1. The third-order valence-electron chi connectivity index (χ3n) is 3.86. The number of benzene rings is 2. The Hall–Kier alpha value is -2.77. The second-order valence-corrected chi connectivity index (χ2v) is 8.21. The van der Waals surface area contributed by atoms with Crippen LogP contribution in [0.25, 0.3) is 6.08 Å². The van der Waals surface area contributed by atoms with Crippen molar-refractivity contribution in [1.82, 2.24) is 4.31 Å². The molecule has 0 spiro atoms. The summed E-state index contributed by atoms with van der Waals surface area (Å²) in [7, 11) is -0.674. The van der Waals surface area contributed by atoms with E-state index in [9.17, 15) is 13.2 Å². The summed E-state index contributed by atoms with van der Waals surface area (Å²) in [4.78, 5) is 16.4. The first-order valence-electron chi connectivity index (χ1n) is 7.89. The van der Waals surface area contributed by atoms with Crippen molar-refractivity contribution in [3.63, 3.8) is 0 Å². The first kappa shape index (κ1) is 18.0. The Balaban J connectivity index is 1.96. The molecule has 134 valence electrons. The van der Waals surface area contributed by atoms with Crippen molar-refractivity contribution in [3.05, 3.63) is 70.9 Å². The van der Waals surface area contributed by atoms with Gasteiger partial charge in [0.2, 0.25) is 15.9 Å². The van der Waals surface area contributed by atoms with Crippen molar-refractivity contribution in [3.8, 4) is 0 Å². The zero-order chi connectivity index (χ0) is 18.9. The predicted molar refractivity (Wildman–Crippen MR) is 99.1 cm³/mol. The van der Waals surface area contributed by atoms with Crippen LogP contribution in [0, 0.1) is 6.92 Å². The number of rotatable bonds is 4. The van der Waals surface area contributed by atoms with E-state index in [0.29, 0.717) is 5.56 Å². The van der Waals surface area contributed by atoms with Gasteiger partial charge in [-0.25, -0.2) is 22.5 Å². The van der Waals surface area contributed by atoms with E-state index >= 15 is 0 Å². The van der Waals surface area contributed by atoms with E-state index in [4.69, 9.17) is 4.74 Å². The molecule has 0 saturated heterocycles. The second kappa shape index (κ2) is 6.86. The lowest BCUT2D eigenvalue weighted by molar-refractivity contribution is -0.129. The molecular weight excluding hydrogens is 352 g/mol. The Labute approximate surface area is 152 Å². The number of aliphatic imine (C=N–C) groups is 1. The van der Waals surface area contributed by atoms with Crippen LogP contribution in [-0.2, 0) is 19.6 Å². The summed E-state index contributed by atoms with van der Waals surface area (Å²) < 4.78 is 30.9. The van der Waals surface area contributed by atoms with Crippen LogP contribution in [0.5, 0.6) is 0 Å². The molecule has 0 saturated carbocycles. The fourth-order valence-corrected chi connectivity index (χ4v) is 3.30. The van der Waals surface area contributed by atoms with Crippen LogP contribution in [0.15, 0.2) is 64.1 Å². The maximum atomic E-state index is 12.3. The van der Waals surface area contributed by atoms with Gasteiger partial charge in [0.25, 0.3) is 0 Å². The largest absolute Gasteiger partial charge is 0.402 e. The van der Waals surface area contributed by atoms with Gasteiger partial charge in [-0.2, -0.15) is 0 Å². The molecule has 1 aliphatic rings. The zero-order valence-electron chi connectivity index (χ0n) is 14.6. The van der Waals surface area contributed by atoms with Gasteiger partial charge < -0.3 is 4.74 Å².